The van der Waals surface area contributed by atoms with Gasteiger partial charge in [-0.2, -0.15) is 0 Å². The standard InChI is InChI=1S/C33H34O8S/c1-7-14-40-31(35)19-41-26-18-27(36-3)24(30-16-22-10-8-9-11-29(22)42-30)15-21(26)12-13-25(34)23-17-28(37-4)33(39-6)32(38-5)20(23)2/h8-13,15-18H,7,14,19H2,1-6H3/b13-12+. The number of ketones is 1. The summed E-state index contributed by atoms with van der Waals surface area (Å²) in [6, 6.07) is 15.5. The number of ether oxygens (including phenoxy) is 6. The molecule has 0 atom stereocenters. The van der Waals surface area contributed by atoms with E-state index in [1.165, 1.54) is 27.4 Å². The zero-order valence-electron chi connectivity index (χ0n) is 24.6. The lowest BCUT2D eigenvalue weighted by Gasteiger charge is -2.16. The van der Waals surface area contributed by atoms with E-state index in [1.54, 1.807) is 43.6 Å². The van der Waals surface area contributed by atoms with Crippen LogP contribution < -0.4 is 23.7 Å². The highest BCUT2D eigenvalue weighted by molar-refractivity contribution is 7.22. The SMILES string of the molecule is CCCOC(=O)COc1cc(OC)c(-c2cc3ccccc3s2)cc1/C=C/C(=O)c1cc(OC)c(OC)c(OC)c1C. The molecule has 0 aliphatic carbocycles. The fraction of sp³-hybridized carbons (Fsp3) is 0.273. The normalized spacial score (nSPS) is 11.0. The quantitative estimate of drug-likeness (QED) is 0.0922. The highest BCUT2D eigenvalue weighted by Gasteiger charge is 2.21. The smallest absolute Gasteiger partial charge is 0.344 e. The summed E-state index contributed by atoms with van der Waals surface area (Å²) in [5.74, 6) is 1.38. The molecule has 42 heavy (non-hydrogen) atoms. The van der Waals surface area contributed by atoms with Crippen LogP contribution in [0.15, 0.2) is 54.6 Å². The number of fused-ring (bicyclic) bond motifs is 1. The number of rotatable bonds is 13. The predicted octanol–water partition coefficient (Wildman–Crippen LogP) is 7.14. The van der Waals surface area contributed by atoms with Crippen molar-refractivity contribution < 1.29 is 38.0 Å². The third-order valence-electron chi connectivity index (χ3n) is 6.59. The van der Waals surface area contributed by atoms with Gasteiger partial charge in [-0.3, -0.25) is 4.79 Å². The van der Waals surface area contributed by atoms with Crippen molar-refractivity contribution in [3.8, 4) is 39.2 Å². The third kappa shape index (κ3) is 6.52. The van der Waals surface area contributed by atoms with Gasteiger partial charge in [-0.15, -0.1) is 11.3 Å². The van der Waals surface area contributed by atoms with Gasteiger partial charge in [0.2, 0.25) is 5.75 Å². The van der Waals surface area contributed by atoms with Gasteiger partial charge in [-0.05, 0) is 55.1 Å². The summed E-state index contributed by atoms with van der Waals surface area (Å²) in [7, 11) is 6.10. The van der Waals surface area contributed by atoms with E-state index in [2.05, 4.69) is 18.2 Å². The monoisotopic (exact) mass is 590 g/mol. The van der Waals surface area contributed by atoms with Crippen LogP contribution in [-0.4, -0.2) is 53.4 Å². The van der Waals surface area contributed by atoms with Crippen molar-refractivity contribution in [3.05, 3.63) is 71.3 Å². The summed E-state index contributed by atoms with van der Waals surface area (Å²) in [4.78, 5) is 26.7. The van der Waals surface area contributed by atoms with E-state index in [1.807, 2.05) is 25.1 Å². The molecule has 0 saturated carbocycles. The summed E-state index contributed by atoms with van der Waals surface area (Å²) in [6.45, 7) is 3.73. The number of hydrogen-bond donors (Lipinski definition) is 0. The number of hydrogen-bond acceptors (Lipinski definition) is 9. The van der Waals surface area contributed by atoms with Crippen molar-refractivity contribution in [2.75, 3.05) is 41.7 Å². The van der Waals surface area contributed by atoms with Crippen LogP contribution in [0.25, 0.3) is 26.6 Å². The molecule has 0 radical (unpaired) electrons. The number of allylic oxidation sites excluding steroid dienone is 1. The summed E-state index contributed by atoms with van der Waals surface area (Å²) < 4.78 is 34.3. The third-order valence-corrected chi connectivity index (χ3v) is 7.74. The van der Waals surface area contributed by atoms with Crippen LogP contribution in [0.1, 0.15) is 34.8 Å². The van der Waals surface area contributed by atoms with Crippen LogP contribution in [0.5, 0.6) is 28.7 Å². The van der Waals surface area contributed by atoms with E-state index in [9.17, 15) is 9.59 Å². The van der Waals surface area contributed by atoms with Gasteiger partial charge in [0.1, 0.15) is 11.5 Å². The Kier molecular flexibility index (Phi) is 10.1. The van der Waals surface area contributed by atoms with Crippen LogP contribution in [0.3, 0.4) is 0 Å². The Labute approximate surface area is 249 Å². The fourth-order valence-electron chi connectivity index (χ4n) is 4.51. The largest absolute Gasteiger partial charge is 0.496 e. The molecule has 0 bridgehead atoms. The number of benzene rings is 3. The maximum absolute atomic E-state index is 13.5. The molecule has 0 amide bonds. The van der Waals surface area contributed by atoms with Gasteiger partial charge < -0.3 is 28.4 Å². The minimum absolute atomic E-state index is 0.278. The molecule has 1 heterocycles. The van der Waals surface area contributed by atoms with Crippen LogP contribution >= 0.6 is 11.3 Å². The Morgan fingerprint density at radius 1 is 0.857 bits per heavy atom. The number of methoxy groups -OCH3 is 4. The van der Waals surface area contributed by atoms with Gasteiger partial charge in [-0.25, -0.2) is 4.79 Å². The molecule has 0 fully saturated rings. The molecule has 0 N–H and O–H groups in total. The van der Waals surface area contributed by atoms with Gasteiger partial charge in [0.25, 0.3) is 0 Å². The van der Waals surface area contributed by atoms with E-state index in [0.29, 0.717) is 58.5 Å². The first-order chi connectivity index (χ1) is 20.3. The second-order valence-electron chi connectivity index (χ2n) is 9.26. The Morgan fingerprint density at radius 2 is 1.60 bits per heavy atom. The lowest BCUT2D eigenvalue weighted by atomic mass is 10.0. The minimum Gasteiger partial charge on any atom is -0.496 e. The highest BCUT2D eigenvalue weighted by atomic mass is 32.1. The molecule has 4 aromatic rings. The predicted molar refractivity (Wildman–Crippen MR) is 165 cm³/mol. The average Bonchev–Trinajstić information content (AvgIpc) is 3.45. The van der Waals surface area contributed by atoms with Gasteiger partial charge in [0.05, 0.1) is 35.0 Å². The van der Waals surface area contributed by atoms with Gasteiger partial charge in [0.15, 0.2) is 23.9 Å². The van der Waals surface area contributed by atoms with Crippen LogP contribution in [-0.2, 0) is 9.53 Å². The van der Waals surface area contributed by atoms with E-state index in [4.69, 9.17) is 28.4 Å². The molecule has 9 heteroatoms. The molecule has 8 nitrogen and oxygen atoms in total. The Bertz CT molecular complexity index is 1590. The van der Waals surface area contributed by atoms with Gasteiger partial charge in [0, 0.05) is 37.9 Å². The maximum atomic E-state index is 13.5. The molecular weight excluding hydrogens is 556 g/mol. The molecule has 4 rings (SSSR count). The fourth-order valence-corrected chi connectivity index (χ4v) is 5.60. The second kappa shape index (κ2) is 13.9. The average molecular weight is 591 g/mol. The molecule has 0 saturated heterocycles. The summed E-state index contributed by atoms with van der Waals surface area (Å²) in [6.07, 6.45) is 3.82. The van der Waals surface area contributed by atoms with Crippen molar-refractivity contribution in [2.45, 2.75) is 20.3 Å². The van der Waals surface area contributed by atoms with E-state index in [0.717, 1.165) is 20.5 Å². The van der Waals surface area contributed by atoms with Gasteiger partial charge in [-0.1, -0.05) is 25.1 Å². The number of carbonyl (C=O) groups excluding carboxylic acids is 2. The molecule has 0 aliphatic heterocycles. The Morgan fingerprint density at radius 3 is 2.26 bits per heavy atom. The highest BCUT2D eigenvalue weighted by Crippen LogP contribution is 2.43. The number of esters is 1. The van der Waals surface area contributed by atoms with E-state index < -0.39 is 5.97 Å². The number of carbonyl (C=O) groups is 2. The van der Waals surface area contributed by atoms with Crippen LogP contribution in [0, 0.1) is 6.92 Å². The van der Waals surface area contributed by atoms with E-state index >= 15 is 0 Å². The molecule has 220 valence electrons. The first-order valence-electron chi connectivity index (χ1n) is 13.4. The van der Waals surface area contributed by atoms with Crippen LogP contribution in [0.4, 0.5) is 0 Å². The zero-order chi connectivity index (χ0) is 30.2. The zero-order valence-corrected chi connectivity index (χ0v) is 25.4. The second-order valence-corrected chi connectivity index (χ2v) is 10.3. The molecular formula is C33H34O8S. The van der Waals surface area contributed by atoms with Crippen LogP contribution in [0.2, 0.25) is 0 Å². The van der Waals surface area contributed by atoms with Crippen molar-refractivity contribution in [3.63, 3.8) is 0 Å². The summed E-state index contributed by atoms with van der Waals surface area (Å²) in [5.41, 5.74) is 2.42. The lowest BCUT2D eigenvalue weighted by molar-refractivity contribution is -0.146. The van der Waals surface area contributed by atoms with Crippen molar-refractivity contribution in [2.24, 2.45) is 0 Å². The molecule has 0 spiro atoms. The van der Waals surface area contributed by atoms with Crippen molar-refractivity contribution in [1.29, 1.82) is 0 Å². The topological polar surface area (TPSA) is 89.5 Å². The van der Waals surface area contributed by atoms with Gasteiger partial charge >= 0.3 is 5.97 Å². The molecule has 0 unspecified atom stereocenters. The van der Waals surface area contributed by atoms with Crippen molar-refractivity contribution >= 4 is 39.3 Å². The Balaban J connectivity index is 1.77. The Hall–Kier alpha value is -4.50. The minimum atomic E-state index is -0.483. The summed E-state index contributed by atoms with van der Waals surface area (Å²) in [5, 5.41) is 1.11. The first kappa shape index (κ1) is 30.5. The molecule has 3 aromatic carbocycles. The lowest BCUT2D eigenvalue weighted by Crippen LogP contribution is -2.15. The molecule has 1 aromatic heterocycles. The molecule has 0 aliphatic rings. The number of thiophene rings is 1. The summed E-state index contributed by atoms with van der Waals surface area (Å²) >= 11 is 1.63. The van der Waals surface area contributed by atoms with E-state index in [-0.39, 0.29) is 12.4 Å². The van der Waals surface area contributed by atoms with Crippen molar-refractivity contribution in [1.82, 2.24) is 0 Å². The first-order valence-corrected chi connectivity index (χ1v) is 14.2. The maximum Gasteiger partial charge on any atom is 0.344 e.